The molecule has 0 aliphatic heterocycles. The Bertz CT molecular complexity index is 515. The zero-order valence-corrected chi connectivity index (χ0v) is 11.4. The van der Waals surface area contributed by atoms with Crippen molar-refractivity contribution >= 4 is 29.2 Å². The van der Waals surface area contributed by atoms with Gasteiger partial charge in [0.2, 0.25) is 5.91 Å². The van der Waals surface area contributed by atoms with Gasteiger partial charge in [0.15, 0.2) is 0 Å². The first kappa shape index (κ1) is 13.9. The van der Waals surface area contributed by atoms with Crippen molar-refractivity contribution < 1.29 is 14.7 Å². The molecule has 1 amide bonds. The van der Waals surface area contributed by atoms with Crippen molar-refractivity contribution in [3.8, 4) is 0 Å². The van der Waals surface area contributed by atoms with Crippen LogP contribution < -0.4 is 5.32 Å². The number of rotatable bonds is 3. The summed E-state index contributed by atoms with van der Waals surface area (Å²) in [4.78, 5) is 22.9. The number of hydrogen-bond donors (Lipinski definition) is 2. The highest BCUT2D eigenvalue weighted by Crippen LogP contribution is 2.32. The second-order valence-electron chi connectivity index (χ2n) is 5.00. The Morgan fingerprint density at radius 3 is 2.63 bits per heavy atom. The minimum atomic E-state index is -1.08. The van der Waals surface area contributed by atoms with Gasteiger partial charge in [0.25, 0.3) is 0 Å². The van der Waals surface area contributed by atoms with Gasteiger partial charge in [0.05, 0.1) is 10.6 Å². The van der Waals surface area contributed by atoms with E-state index in [2.05, 4.69) is 12.2 Å². The molecule has 1 saturated carbocycles. The number of halogens is 1. The maximum absolute atomic E-state index is 12.1. The van der Waals surface area contributed by atoms with Crippen molar-refractivity contribution in [2.45, 2.75) is 26.2 Å². The van der Waals surface area contributed by atoms with Crippen molar-refractivity contribution in [3.05, 3.63) is 28.8 Å². The van der Waals surface area contributed by atoms with Gasteiger partial charge in [-0.3, -0.25) is 4.79 Å². The average Bonchev–Trinajstić information content (AvgIpc) is 2.75. The van der Waals surface area contributed by atoms with E-state index in [-0.39, 0.29) is 22.4 Å². The lowest BCUT2D eigenvalue weighted by atomic mass is 9.97. The van der Waals surface area contributed by atoms with E-state index in [1.807, 2.05) is 0 Å². The zero-order valence-electron chi connectivity index (χ0n) is 10.6. The molecule has 5 heteroatoms. The smallest absolute Gasteiger partial charge is 0.337 e. The lowest BCUT2D eigenvalue weighted by molar-refractivity contribution is -0.120. The fourth-order valence-corrected chi connectivity index (χ4v) is 2.80. The third-order valence-corrected chi connectivity index (χ3v) is 3.98. The third kappa shape index (κ3) is 3.07. The number of anilines is 1. The minimum Gasteiger partial charge on any atom is -0.478 e. The number of carbonyl (C=O) groups is 2. The van der Waals surface area contributed by atoms with Crippen LogP contribution in [0.1, 0.15) is 36.5 Å². The second kappa shape index (κ2) is 5.61. The monoisotopic (exact) mass is 281 g/mol. The van der Waals surface area contributed by atoms with E-state index in [9.17, 15) is 9.59 Å². The lowest BCUT2D eigenvalue weighted by Gasteiger charge is -2.15. The summed E-state index contributed by atoms with van der Waals surface area (Å²) in [6.45, 7) is 2.08. The van der Waals surface area contributed by atoms with E-state index < -0.39 is 5.97 Å². The van der Waals surface area contributed by atoms with Gasteiger partial charge >= 0.3 is 5.97 Å². The molecule has 4 nitrogen and oxygen atoms in total. The van der Waals surface area contributed by atoms with E-state index in [1.165, 1.54) is 12.1 Å². The summed E-state index contributed by atoms with van der Waals surface area (Å²) < 4.78 is 0. The SMILES string of the molecule is CC1CCCC1C(=O)Nc1ccc(C(=O)O)c(Cl)c1. The molecule has 0 saturated heterocycles. The number of amides is 1. The highest BCUT2D eigenvalue weighted by molar-refractivity contribution is 6.33. The molecule has 2 atom stereocenters. The van der Waals surface area contributed by atoms with Crippen LogP contribution >= 0.6 is 11.6 Å². The van der Waals surface area contributed by atoms with Crippen LogP contribution in [0.5, 0.6) is 0 Å². The van der Waals surface area contributed by atoms with Crippen LogP contribution in [-0.2, 0) is 4.79 Å². The predicted molar refractivity (Wildman–Crippen MR) is 73.5 cm³/mol. The van der Waals surface area contributed by atoms with Gasteiger partial charge in [-0.2, -0.15) is 0 Å². The van der Waals surface area contributed by atoms with E-state index in [0.717, 1.165) is 19.3 Å². The molecule has 2 N–H and O–H groups in total. The summed E-state index contributed by atoms with van der Waals surface area (Å²) >= 11 is 5.86. The van der Waals surface area contributed by atoms with E-state index >= 15 is 0 Å². The molecule has 19 heavy (non-hydrogen) atoms. The average molecular weight is 282 g/mol. The quantitative estimate of drug-likeness (QED) is 0.892. The van der Waals surface area contributed by atoms with Gasteiger partial charge in [-0.1, -0.05) is 24.9 Å². The molecule has 0 bridgehead atoms. The van der Waals surface area contributed by atoms with Crippen molar-refractivity contribution in [3.63, 3.8) is 0 Å². The largest absolute Gasteiger partial charge is 0.478 e. The Balaban J connectivity index is 2.09. The maximum atomic E-state index is 12.1. The van der Waals surface area contributed by atoms with Crippen LogP contribution in [-0.4, -0.2) is 17.0 Å². The van der Waals surface area contributed by atoms with Crippen molar-refractivity contribution in [2.24, 2.45) is 11.8 Å². The summed E-state index contributed by atoms with van der Waals surface area (Å²) in [7, 11) is 0. The van der Waals surface area contributed by atoms with Gasteiger partial charge in [0, 0.05) is 11.6 Å². The van der Waals surface area contributed by atoms with E-state index in [4.69, 9.17) is 16.7 Å². The zero-order chi connectivity index (χ0) is 14.0. The first-order chi connectivity index (χ1) is 8.99. The molecule has 1 fully saturated rings. The Hall–Kier alpha value is -1.55. The Labute approximate surface area is 116 Å². The Morgan fingerprint density at radius 1 is 1.37 bits per heavy atom. The van der Waals surface area contributed by atoms with Crippen LogP contribution in [0.25, 0.3) is 0 Å². The van der Waals surface area contributed by atoms with Gasteiger partial charge in [-0.15, -0.1) is 0 Å². The van der Waals surface area contributed by atoms with E-state index in [0.29, 0.717) is 11.6 Å². The van der Waals surface area contributed by atoms with Crippen molar-refractivity contribution in [2.75, 3.05) is 5.32 Å². The molecular formula is C14H16ClNO3. The fourth-order valence-electron chi connectivity index (χ4n) is 2.54. The predicted octanol–water partition coefficient (Wildman–Crippen LogP) is 3.41. The van der Waals surface area contributed by atoms with Crippen LogP contribution in [0.2, 0.25) is 5.02 Å². The Morgan fingerprint density at radius 2 is 2.11 bits per heavy atom. The molecule has 1 aliphatic carbocycles. The minimum absolute atomic E-state index is 0.0101. The summed E-state index contributed by atoms with van der Waals surface area (Å²) in [6, 6.07) is 4.44. The molecule has 1 aliphatic rings. The topological polar surface area (TPSA) is 66.4 Å². The Kier molecular flexibility index (Phi) is 4.10. The lowest BCUT2D eigenvalue weighted by Crippen LogP contribution is -2.24. The summed E-state index contributed by atoms with van der Waals surface area (Å²) in [5.41, 5.74) is 0.577. The number of carboxylic acids is 1. The summed E-state index contributed by atoms with van der Waals surface area (Å²) in [5, 5.41) is 11.8. The first-order valence-corrected chi connectivity index (χ1v) is 6.70. The molecule has 2 rings (SSSR count). The van der Waals surface area contributed by atoms with E-state index in [1.54, 1.807) is 6.07 Å². The molecule has 0 aromatic heterocycles. The third-order valence-electron chi connectivity index (χ3n) is 3.67. The fraction of sp³-hybridized carbons (Fsp3) is 0.429. The number of carboxylic acid groups (broad SMARTS) is 1. The molecule has 1 aromatic rings. The molecule has 2 unspecified atom stereocenters. The van der Waals surface area contributed by atoms with Gasteiger partial charge in [-0.25, -0.2) is 4.79 Å². The van der Waals surface area contributed by atoms with Crippen molar-refractivity contribution in [1.29, 1.82) is 0 Å². The first-order valence-electron chi connectivity index (χ1n) is 6.32. The number of aromatic carboxylic acids is 1. The molecule has 0 radical (unpaired) electrons. The molecule has 102 valence electrons. The van der Waals surface area contributed by atoms with Crippen LogP contribution in [0.15, 0.2) is 18.2 Å². The summed E-state index contributed by atoms with van der Waals surface area (Å²) in [6.07, 6.45) is 3.07. The highest BCUT2D eigenvalue weighted by atomic mass is 35.5. The van der Waals surface area contributed by atoms with Gasteiger partial charge < -0.3 is 10.4 Å². The molecular weight excluding hydrogens is 266 g/mol. The standard InChI is InChI=1S/C14H16ClNO3/c1-8-3-2-4-10(8)13(17)16-9-5-6-11(14(18)19)12(15)7-9/h5-8,10H,2-4H2,1H3,(H,16,17)(H,18,19). The number of carbonyl (C=O) groups excluding carboxylic acids is 1. The van der Waals surface area contributed by atoms with Gasteiger partial charge in [-0.05, 0) is 37.0 Å². The van der Waals surface area contributed by atoms with Crippen LogP contribution in [0.3, 0.4) is 0 Å². The molecule has 0 spiro atoms. The molecule has 1 aromatic carbocycles. The maximum Gasteiger partial charge on any atom is 0.337 e. The van der Waals surface area contributed by atoms with Gasteiger partial charge in [0.1, 0.15) is 0 Å². The highest BCUT2D eigenvalue weighted by Gasteiger charge is 2.29. The summed E-state index contributed by atoms with van der Waals surface area (Å²) in [5.74, 6) is -0.650. The number of benzene rings is 1. The number of nitrogens with one attached hydrogen (secondary N) is 1. The van der Waals surface area contributed by atoms with Crippen LogP contribution in [0, 0.1) is 11.8 Å². The number of hydrogen-bond acceptors (Lipinski definition) is 2. The van der Waals surface area contributed by atoms with Crippen molar-refractivity contribution in [1.82, 2.24) is 0 Å². The molecule has 0 heterocycles. The van der Waals surface area contributed by atoms with Crippen LogP contribution in [0.4, 0.5) is 5.69 Å². The normalized spacial score (nSPS) is 22.2. The second-order valence-corrected chi connectivity index (χ2v) is 5.41.